The lowest BCUT2D eigenvalue weighted by atomic mass is 10.3. The molecule has 144 valence electrons. The Balaban J connectivity index is 1.64. The standard InChI is InChI=1S/C20H17BrClN3O3/c1-13(28-17-5-4-15(22)11-16(17)21)20(26)25-19-18(3-2-8-24-19)27-12-14-6-9-23-10-7-14/h2-11,13H,12H2,1H3,(H,24,25,26). The van der Waals surface area contributed by atoms with Gasteiger partial charge in [-0.1, -0.05) is 11.6 Å². The predicted octanol–water partition coefficient (Wildman–Crippen LogP) is 4.88. The number of pyridine rings is 2. The minimum Gasteiger partial charge on any atom is -0.485 e. The first kappa shape index (κ1) is 20.1. The summed E-state index contributed by atoms with van der Waals surface area (Å²) in [7, 11) is 0. The molecule has 0 saturated heterocycles. The highest BCUT2D eigenvalue weighted by molar-refractivity contribution is 9.10. The molecule has 1 unspecified atom stereocenters. The van der Waals surface area contributed by atoms with Crippen molar-refractivity contribution in [1.29, 1.82) is 0 Å². The summed E-state index contributed by atoms with van der Waals surface area (Å²) in [6.45, 7) is 1.98. The van der Waals surface area contributed by atoms with Crippen LogP contribution in [0.4, 0.5) is 5.82 Å². The van der Waals surface area contributed by atoms with Crippen LogP contribution in [0.3, 0.4) is 0 Å². The fourth-order valence-corrected chi connectivity index (χ4v) is 3.05. The zero-order chi connectivity index (χ0) is 19.9. The maximum atomic E-state index is 12.5. The molecule has 8 heteroatoms. The molecule has 2 aromatic heterocycles. The van der Waals surface area contributed by atoms with E-state index >= 15 is 0 Å². The minimum atomic E-state index is -0.757. The van der Waals surface area contributed by atoms with E-state index in [9.17, 15) is 4.79 Å². The Kier molecular flexibility index (Phi) is 6.84. The molecule has 3 rings (SSSR count). The summed E-state index contributed by atoms with van der Waals surface area (Å²) in [6, 6.07) is 12.3. The highest BCUT2D eigenvalue weighted by Gasteiger charge is 2.18. The van der Waals surface area contributed by atoms with Gasteiger partial charge in [-0.2, -0.15) is 0 Å². The van der Waals surface area contributed by atoms with E-state index in [1.165, 1.54) is 0 Å². The van der Waals surface area contributed by atoms with Gasteiger partial charge in [-0.3, -0.25) is 9.78 Å². The number of carbonyl (C=O) groups is 1. The molecular formula is C20H17BrClN3O3. The van der Waals surface area contributed by atoms with E-state index in [1.54, 1.807) is 55.8 Å². The third kappa shape index (κ3) is 5.43. The van der Waals surface area contributed by atoms with E-state index in [0.717, 1.165) is 5.56 Å². The monoisotopic (exact) mass is 461 g/mol. The molecule has 1 N–H and O–H groups in total. The lowest BCUT2D eigenvalue weighted by Crippen LogP contribution is -2.30. The quantitative estimate of drug-likeness (QED) is 0.542. The van der Waals surface area contributed by atoms with Crippen LogP contribution in [0.15, 0.2) is 65.5 Å². The summed E-state index contributed by atoms with van der Waals surface area (Å²) in [4.78, 5) is 20.7. The summed E-state index contributed by atoms with van der Waals surface area (Å²) in [5, 5.41) is 3.31. The van der Waals surface area contributed by atoms with Crippen LogP contribution in [0.5, 0.6) is 11.5 Å². The third-order valence-corrected chi connectivity index (χ3v) is 4.58. The Hall–Kier alpha value is -2.64. The molecule has 0 saturated carbocycles. The number of nitrogens with one attached hydrogen (secondary N) is 1. The van der Waals surface area contributed by atoms with Gasteiger partial charge in [-0.15, -0.1) is 0 Å². The number of carbonyl (C=O) groups excluding carboxylic acids is 1. The van der Waals surface area contributed by atoms with Crippen molar-refractivity contribution in [1.82, 2.24) is 9.97 Å². The summed E-state index contributed by atoms with van der Waals surface area (Å²) < 4.78 is 12.2. The van der Waals surface area contributed by atoms with Gasteiger partial charge in [-0.05, 0) is 70.9 Å². The number of halogens is 2. The van der Waals surface area contributed by atoms with Crippen molar-refractivity contribution in [3.05, 3.63) is 76.1 Å². The zero-order valence-electron chi connectivity index (χ0n) is 14.9. The molecule has 0 bridgehead atoms. The van der Waals surface area contributed by atoms with Gasteiger partial charge >= 0.3 is 0 Å². The molecule has 0 aliphatic rings. The highest BCUT2D eigenvalue weighted by atomic mass is 79.9. The number of benzene rings is 1. The lowest BCUT2D eigenvalue weighted by molar-refractivity contribution is -0.122. The normalized spacial score (nSPS) is 11.5. The first-order valence-electron chi connectivity index (χ1n) is 8.42. The number of nitrogens with zero attached hydrogens (tertiary/aromatic N) is 2. The van der Waals surface area contributed by atoms with Crippen molar-refractivity contribution in [2.75, 3.05) is 5.32 Å². The number of amides is 1. The molecule has 3 aromatic rings. The Bertz CT molecular complexity index is 956. The zero-order valence-corrected chi connectivity index (χ0v) is 17.3. The van der Waals surface area contributed by atoms with E-state index in [2.05, 4.69) is 31.2 Å². The van der Waals surface area contributed by atoms with Gasteiger partial charge in [0.05, 0.1) is 4.47 Å². The van der Waals surface area contributed by atoms with Gasteiger partial charge in [0, 0.05) is 23.6 Å². The first-order chi connectivity index (χ1) is 13.5. The van der Waals surface area contributed by atoms with Crippen LogP contribution >= 0.6 is 27.5 Å². The molecule has 1 aromatic carbocycles. The number of ether oxygens (including phenoxy) is 2. The largest absolute Gasteiger partial charge is 0.485 e. The van der Waals surface area contributed by atoms with E-state index < -0.39 is 6.10 Å². The number of rotatable bonds is 7. The van der Waals surface area contributed by atoms with Crippen LogP contribution in [0.2, 0.25) is 5.02 Å². The van der Waals surface area contributed by atoms with Gasteiger partial charge in [0.15, 0.2) is 17.7 Å². The van der Waals surface area contributed by atoms with Crippen LogP contribution in [-0.4, -0.2) is 22.0 Å². The van der Waals surface area contributed by atoms with E-state index in [1.807, 2.05) is 12.1 Å². The molecular weight excluding hydrogens is 446 g/mol. The molecule has 0 fully saturated rings. The van der Waals surface area contributed by atoms with E-state index in [0.29, 0.717) is 33.4 Å². The second-order valence-electron chi connectivity index (χ2n) is 5.82. The second kappa shape index (κ2) is 9.52. The van der Waals surface area contributed by atoms with Crippen molar-refractivity contribution in [3.8, 4) is 11.5 Å². The summed E-state index contributed by atoms with van der Waals surface area (Å²) in [5.41, 5.74) is 0.959. The van der Waals surface area contributed by atoms with Crippen molar-refractivity contribution in [2.45, 2.75) is 19.6 Å². The molecule has 1 atom stereocenters. The second-order valence-corrected chi connectivity index (χ2v) is 7.11. The van der Waals surface area contributed by atoms with Crippen molar-refractivity contribution in [2.24, 2.45) is 0 Å². The predicted molar refractivity (Wildman–Crippen MR) is 111 cm³/mol. The number of hydrogen-bond donors (Lipinski definition) is 1. The highest BCUT2D eigenvalue weighted by Crippen LogP contribution is 2.29. The Morgan fingerprint density at radius 3 is 2.71 bits per heavy atom. The van der Waals surface area contributed by atoms with Crippen molar-refractivity contribution in [3.63, 3.8) is 0 Å². The first-order valence-corrected chi connectivity index (χ1v) is 9.59. The SMILES string of the molecule is CC(Oc1ccc(Cl)cc1Br)C(=O)Nc1ncccc1OCc1ccncc1. The molecule has 0 spiro atoms. The molecule has 0 aliphatic carbocycles. The maximum Gasteiger partial charge on any atom is 0.266 e. The molecule has 1 amide bonds. The average molecular weight is 463 g/mol. The fraction of sp³-hybridized carbons (Fsp3) is 0.150. The molecule has 28 heavy (non-hydrogen) atoms. The number of hydrogen-bond acceptors (Lipinski definition) is 5. The van der Waals surface area contributed by atoms with Crippen LogP contribution in [-0.2, 0) is 11.4 Å². The topological polar surface area (TPSA) is 73.3 Å². The van der Waals surface area contributed by atoms with Crippen LogP contribution in [0.1, 0.15) is 12.5 Å². The molecule has 2 heterocycles. The Labute approximate surface area is 176 Å². The third-order valence-electron chi connectivity index (χ3n) is 3.72. The molecule has 0 aliphatic heterocycles. The van der Waals surface area contributed by atoms with Crippen LogP contribution in [0, 0.1) is 0 Å². The van der Waals surface area contributed by atoms with E-state index in [4.69, 9.17) is 21.1 Å². The van der Waals surface area contributed by atoms with Gasteiger partial charge in [0.25, 0.3) is 5.91 Å². The van der Waals surface area contributed by atoms with E-state index in [-0.39, 0.29) is 5.91 Å². The van der Waals surface area contributed by atoms with Crippen molar-refractivity contribution >= 4 is 39.3 Å². The molecule has 0 radical (unpaired) electrons. The molecule has 6 nitrogen and oxygen atoms in total. The minimum absolute atomic E-state index is 0.326. The van der Waals surface area contributed by atoms with Gasteiger partial charge < -0.3 is 14.8 Å². The Morgan fingerprint density at radius 1 is 1.18 bits per heavy atom. The van der Waals surface area contributed by atoms with Gasteiger partial charge in [-0.25, -0.2) is 4.98 Å². The average Bonchev–Trinajstić information content (AvgIpc) is 2.70. The maximum absolute atomic E-state index is 12.5. The summed E-state index contributed by atoms with van der Waals surface area (Å²) in [5.74, 6) is 0.955. The fourth-order valence-electron chi connectivity index (χ4n) is 2.27. The van der Waals surface area contributed by atoms with Crippen LogP contribution < -0.4 is 14.8 Å². The summed E-state index contributed by atoms with van der Waals surface area (Å²) in [6.07, 6.45) is 4.21. The van der Waals surface area contributed by atoms with Gasteiger partial charge in [0.1, 0.15) is 12.4 Å². The smallest absolute Gasteiger partial charge is 0.266 e. The number of anilines is 1. The Morgan fingerprint density at radius 2 is 1.96 bits per heavy atom. The lowest BCUT2D eigenvalue weighted by Gasteiger charge is -2.17. The van der Waals surface area contributed by atoms with Crippen LogP contribution in [0.25, 0.3) is 0 Å². The van der Waals surface area contributed by atoms with Gasteiger partial charge in [0.2, 0.25) is 0 Å². The van der Waals surface area contributed by atoms with Crippen molar-refractivity contribution < 1.29 is 14.3 Å². The number of aromatic nitrogens is 2. The summed E-state index contributed by atoms with van der Waals surface area (Å²) >= 11 is 9.29.